The number of benzene rings is 1. The highest BCUT2D eigenvalue weighted by Crippen LogP contribution is 2.27. The van der Waals surface area contributed by atoms with Gasteiger partial charge in [0.15, 0.2) is 0 Å². The third kappa shape index (κ3) is 4.12. The van der Waals surface area contributed by atoms with Gasteiger partial charge in [0.2, 0.25) is 5.91 Å². The van der Waals surface area contributed by atoms with E-state index in [1.54, 1.807) is 6.07 Å². The molecule has 0 unspecified atom stereocenters. The molecule has 0 aromatic heterocycles. The fourth-order valence-corrected chi connectivity index (χ4v) is 3.16. The lowest BCUT2D eigenvalue weighted by Gasteiger charge is -2.33. The first-order chi connectivity index (χ1) is 10.0. The summed E-state index contributed by atoms with van der Waals surface area (Å²) in [4.78, 5) is 24.3. The highest BCUT2D eigenvalue weighted by atomic mass is 35.5. The molecule has 114 valence electrons. The highest BCUT2D eigenvalue weighted by molar-refractivity contribution is 8.00. The lowest BCUT2D eigenvalue weighted by atomic mass is 9.90. The Labute approximate surface area is 132 Å². The lowest BCUT2D eigenvalue weighted by molar-refractivity contribution is -0.151. The maximum Gasteiger partial charge on any atom is 0.329 e. The number of carbonyl (C=O) groups excluding carboxylic acids is 1. The average Bonchev–Trinajstić information content (AvgIpc) is 2.47. The third-order valence-corrected chi connectivity index (χ3v) is 4.85. The SMILES string of the molecule is O=C(CSc1ccccc1Cl)NC1(C(=O)O)CCOCC1. The number of carboxylic acid groups (broad SMARTS) is 1. The van der Waals surface area contributed by atoms with Crippen molar-refractivity contribution in [1.29, 1.82) is 0 Å². The summed E-state index contributed by atoms with van der Waals surface area (Å²) in [6, 6.07) is 7.22. The summed E-state index contributed by atoms with van der Waals surface area (Å²) in [5.74, 6) is -1.20. The van der Waals surface area contributed by atoms with Gasteiger partial charge in [-0.3, -0.25) is 4.79 Å². The summed E-state index contributed by atoms with van der Waals surface area (Å²) in [5, 5.41) is 12.6. The molecule has 0 radical (unpaired) electrons. The molecule has 1 aliphatic heterocycles. The Morgan fingerprint density at radius 2 is 2.00 bits per heavy atom. The first-order valence-electron chi connectivity index (χ1n) is 6.53. The highest BCUT2D eigenvalue weighted by Gasteiger charge is 2.41. The molecule has 1 fully saturated rings. The molecule has 5 nitrogen and oxygen atoms in total. The predicted octanol–water partition coefficient (Wildman–Crippen LogP) is 2.18. The molecule has 1 aliphatic rings. The van der Waals surface area contributed by atoms with Crippen molar-refractivity contribution in [3.8, 4) is 0 Å². The van der Waals surface area contributed by atoms with Gasteiger partial charge in [-0.05, 0) is 12.1 Å². The number of nitrogens with one attached hydrogen (secondary N) is 1. The normalized spacial score (nSPS) is 17.2. The van der Waals surface area contributed by atoms with E-state index in [1.165, 1.54) is 11.8 Å². The summed E-state index contributed by atoms with van der Waals surface area (Å²) >= 11 is 7.30. The fraction of sp³-hybridized carbons (Fsp3) is 0.429. The number of halogens is 1. The molecule has 1 aromatic carbocycles. The summed E-state index contributed by atoms with van der Waals surface area (Å²) < 4.78 is 5.16. The number of thioether (sulfide) groups is 1. The molecule has 0 saturated carbocycles. The number of carboxylic acids is 1. The van der Waals surface area contributed by atoms with Crippen LogP contribution in [-0.2, 0) is 14.3 Å². The zero-order valence-electron chi connectivity index (χ0n) is 11.3. The molecule has 1 saturated heterocycles. The number of ether oxygens (including phenoxy) is 1. The van der Waals surface area contributed by atoms with Crippen molar-refractivity contribution in [3.05, 3.63) is 29.3 Å². The molecule has 0 spiro atoms. The van der Waals surface area contributed by atoms with Gasteiger partial charge in [-0.2, -0.15) is 0 Å². The second kappa shape index (κ2) is 7.15. The van der Waals surface area contributed by atoms with Crippen molar-refractivity contribution in [2.75, 3.05) is 19.0 Å². The van der Waals surface area contributed by atoms with Crippen molar-refractivity contribution in [2.24, 2.45) is 0 Å². The van der Waals surface area contributed by atoms with E-state index in [4.69, 9.17) is 16.3 Å². The van der Waals surface area contributed by atoms with E-state index in [0.29, 0.717) is 18.2 Å². The summed E-state index contributed by atoms with van der Waals surface area (Å²) in [5.41, 5.74) is -1.21. The monoisotopic (exact) mass is 329 g/mol. The molecule has 1 amide bonds. The quantitative estimate of drug-likeness (QED) is 0.810. The second-order valence-corrected chi connectivity index (χ2v) is 6.19. The van der Waals surface area contributed by atoms with Crippen LogP contribution in [0.2, 0.25) is 5.02 Å². The maximum absolute atomic E-state index is 12.0. The zero-order chi connectivity index (χ0) is 15.3. The van der Waals surface area contributed by atoms with Crippen molar-refractivity contribution >= 4 is 35.2 Å². The number of hydrogen-bond donors (Lipinski definition) is 2. The Balaban J connectivity index is 1.94. The van der Waals surface area contributed by atoms with Crippen LogP contribution in [0.25, 0.3) is 0 Å². The van der Waals surface area contributed by atoms with E-state index in [2.05, 4.69) is 5.32 Å². The van der Waals surface area contributed by atoms with Gasteiger partial charge in [0, 0.05) is 31.0 Å². The number of aliphatic carboxylic acids is 1. The van der Waals surface area contributed by atoms with E-state index >= 15 is 0 Å². The minimum Gasteiger partial charge on any atom is -0.480 e. The van der Waals surface area contributed by atoms with Crippen LogP contribution < -0.4 is 5.32 Å². The molecular weight excluding hydrogens is 314 g/mol. The Bertz CT molecular complexity index is 531. The lowest BCUT2D eigenvalue weighted by Crippen LogP contribution is -2.57. The second-order valence-electron chi connectivity index (χ2n) is 4.77. The Morgan fingerprint density at radius 1 is 1.33 bits per heavy atom. The largest absolute Gasteiger partial charge is 0.480 e. The molecule has 0 aliphatic carbocycles. The number of carbonyl (C=O) groups is 2. The topological polar surface area (TPSA) is 75.6 Å². The van der Waals surface area contributed by atoms with Crippen molar-refractivity contribution in [1.82, 2.24) is 5.32 Å². The van der Waals surface area contributed by atoms with Crippen LogP contribution in [0.4, 0.5) is 0 Å². The van der Waals surface area contributed by atoms with Gasteiger partial charge >= 0.3 is 5.97 Å². The number of hydrogen-bond acceptors (Lipinski definition) is 4. The molecule has 7 heteroatoms. The summed E-state index contributed by atoms with van der Waals surface area (Å²) in [6.45, 7) is 0.675. The van der Waals surface area contributed by atoms with Gasteiger partial charge in [0.25, 0.3) is 0 Å². The van der Waals surface area contributed by atoms with E-state index in [0.717, 1.165) is 4.90 Å². The summed E-state index contributed by atoms with van der Waals surface area (Å²) in [6.07, 6.45) is 0.565. The standard InChI is InChI=1S/C14H16ClNO4S/c15-10-3-1-2-4-11(10)21-9-12(17)16-14(13(18)19)5-7-20-8-6-14/h1-4H,5-9H2,(H,16,17)(H,18,19). The van der Waals surface area contributed by atoms with Gasteiger partial charge < -0.3 is 15.2 Å². The Morgan fingerprint density at radius 3 is 2.62 bits per heavy atom. The minimum absolute atomic E-state index is 0.125. The average molecular weight is 330 g/mol. The first-order valence-corrected chi connectivity index (χ1v) is 7.89. The van der Waals surface area contributed by atoms with Gasteiger partial charge in [0.1, 0.15) is 5.54 Å². The summed E-state index contributed by atoms with van der Waals surface area (Å²) in [7, 11) is 0. The van der Waals surface area contributed by atoms with Crippen LogP contribution in [0.5, 0.6) is 0 Å². The van der Waals surface area contributed by atoms with Gasteiger partial charge in [-0.25, -0.2) is 4.79 Å². The smallest absolute Gasteiger partial charge is 0.329 e. The molecule has 0 bridgehead atoms. The van der Waals surface area contributed by atoms with E-state index in [1.807, 2.05) is 18.2 Å². The molecule has 0 atom stereocenters. The van der Waals surface area contributed by atoms with Gasteiger partial charge in [-0.1, -0.05) is 23.7 Å². The number of rotatable bonds is 5. The van der Waals surface area contributed by atoms with Gasteiger partial charge in [0.05, 0.1) is 10.8 Å². The Hall–Kier alpha value is -1.24. The van der Waals surface area contributed by atoms with E-state index < -0.39 is 11.5 Å². The van der Waals surface area contributed by atoms with Crippen LogP contribution in [-0.4, -0.2) is 41.5 Å². The third-order valence-electron chi connectivity index (χ3n) is 3.33. The fourth-order valence-electron chi connectivity index (χ4n) is 2.12. The van der Waals surface area contributed by atoms with Crippen molar-refractivity contribution in [2.45, 2.75) is 23.3 Å². The zero-order valence-corrected chi connectivity index (χ0v) is 12.9. The van der Waals surface area contributed by atoms with Crippen LogP contribution in [0.1, 0.15) is 12.8 Å². The van der Waals surface area contributed by atoms with Crippen LogP contribution in [0.3, 0.4) is 0 Å². The van der Waals surface area contributed by atoms with Gasteiger partial charge in [-0.15, -0.1) is 11.8 Å². The molecule has 2 rings (SSSR count). The Kier molecular flexibility index (Phi) is 5.50. The predicted molar refractivity (Wildman–Crippen MR) is 80.7 cm³/mol. The first kappa shape index (κ1) is 16.1. The van der Waals surface area contributed by atoms with Crippen LogP contribution in [0, 0.1) is 0 Å². The van der Waals surface area contributed by atoms with Crippen LogP contribution >= 0.6 is 23.4 Å². The van der Waals surface area contributed by atoms with Crippen molar-refractivity contribution < 1.29 is 19.4 Å². The van der Waals surface area contributed by atoms with Crippen LogP contribution in [0.15, 0.2) is 29.2 Å². The number of amides is 1. The molecule has 2 N–H and O–H groups in total. The molecule has 1 aromatic rings. The van der Waals surface area contributed by atoms with Crippen molar-refractivity contribution in [3.63, 3.8) is 0 Å². The minimum atomic E-state index is -1.21. The molecule has 1 heterocycles. The van der Waals surface area contributed by atoms with E-state index in [-0.39, 0.29) is 24.5 Å². The maximum atomic E-state index is 12.0. The molecular formula is C14H16ClNO4S. The molecule has 21 heavy (non-hydrogen) atoms. The van der Waals surface area contributed by atoms with E-state index in [9.17, 15) is 14.7 Å².